The summed E-state index contributed by atoms with van der Waals surface area (Å²) >= 11 is 1.70. The number of nitrogens with two attached hydrogens (primary N) is 1. The standard InChI is InChI=1S/C13H20N2OS/c1-2-8-15-12(16)7-3-5-10(14)13(15)11-6-4-9-17-11/h4,6,9-10,13H,2-3,5,7-8,14H2,1H3. The van der Waals surface area contributed by atoms with Crippen LogP contribution in [0.4, 0.5) is 0 Å². The Morgan fingerprint density at radius 2 is 2.41 bits per heavy atom. The van der Waals surface area contributed by atoms with Gasteiger partial charge in [0, 0.05) is 23.9 Å². The zero-order valence-electron chi connectivity index (χ0n) is 10.3. The Hall–Kier alpha value is -0.870. The summed E-state index contributed by atoms with van der Waals surface area (Å²) in [6.07, 6.45) is 3.49. The monoisotopic (exact) mass is 252 g/mol. The van der Waals surface area contributed by atoms with Crippen LogP contribution >= 0.6 is 11.3 Å². The Labute approximate surface area is 107 Å². The van der Waals surface area contributed by atoms with E-state index in [9.17, 15) is 4.79 Å². The predicted octanol–water partition coefficient (Wildman–Crippen LogP) is 2.54. The first-order valence-corrected chi connectivity index (χ1v) is 7.20. The molecule has 2 atom stereocenters. The topological polar surface area (TPSA) is 46.3 Å². The van der Waals surface area contributed by atoms with E-state index < -0.39 is 0 Å². The molecule has 0 spiro atoms. The van der Waals surface area contributed by atoms with E-state index in [4.69, 9.17) is 5.73 Å². The van der Waals surface area contributed by atoms with E-state index in [2.05, 4.69) is 18.4 Å². The van der Waals surface area contributed by atoms with Crippen LogP contribution in [-0.2, 0) is 4.79 Å². The quantitative estimate of drug-likeness (QED) is 0.898. The number of hydrogen-bond donors (Lipinski definition) is 1. The Bertz CT molecular complexity index is 364. The molecule has 2 N–H and O–H groups in total. The number of thiophene rings is 1. The molecule has 2 unspecified atom stereocenters. The lowest BCUT2D eigenvalue weighted by Gasteiger charge is -2.32. The fourth-order valence-corrected chi connectivity index (χ4v) is 3.42. The van der Waals surface area contributed by atoms with Gasteiger partial charge in [0.05, 0.1) is 6.04 Å². The summed E-state index contributed by atoms with van der Waals surface area (Å²) in [5.74, 6) is 0.262. The molecule has 0 aliphatic carbocycles. The summed E-state index contributed by atoms with van der Waals surface area (Å²) < 4.78 is 0. The van der Waals surface area contributed by atoms with E-state index in [1.807, 2.05) is 11.0 Å². The molecule has 0 saturated carbocycles. The highest BCUT2D eigenvalue weighted by atomic mass is 32.1. The number of nitrogens with zero attached hydrogens (tertiary/aromatic N) is 1. The molecule has 94 valence electrons. The Balaban J connectivity index is 2.29. The second kappa shape index (κ2) is 5.65. The number of carbonyl (C=O) groups excluding carboxylic acids is 1. The molecule has 0 bridgehead atoms. The molecule has 1 aliphatic heterocycles. The minimum Gasteiger partial charge on any atom is -0.333 e. The summed E-state index contributed by atoms with van der Waals surface area (Å²) in [5.41, 5.74) is 6.27. The van der Waals surface area contributed by atoms with Gasteiger partial charge in [-0.05, 0) is 30.7 Å². The average Bonchev–Trinajstić information content (AvgIpc) is 2.77. The first-order valence-electron chi connectivity index (χ1n) is 6.32. The third-order valence-electron chi connectivity index (χ3n) is 3.29. The molecule has 1 aliphatic rings. The molecule has 2 heterocycles. The number of likely N-dealkylation sites (tertiary alicyclic amines) is 1. The van der Waals surface area contributed by atoms with E-state index in [1.165, 1.54) is 4.88 Å². The summed E-state index contributed by atoms with van der Waals surface area (Å²) in [6.45, 7) is 2.92. The largest absolute Gasteiger partial charge is 0.333 e. The van der Waals surface area contributed by atoms with Crippen LogP contribution in [0.5, 0.6) is 0 Å². The van der Waals surface area contributed by atoms with Crippen molar-refractivity contribution in [1.29, 1.82) is 0 Å². The maximum absolute atomic E-state index is 12.1. The third-order valence-corrected chi connectivity index (χ3v) is 4.23. The minimum atomic E-state index is 0.0756. The summed E-state index contributed by atoms with van der Waals surface area (Å²) in [7, 11) is 0. The number of carbonyl (C=O) groups is 1. The van der Waals surface area contributed by atoms with Crippen LogP contribution in [0.15, 0.2) is 17.5 Å². The molecule has 3 nitrogen and oxygen atoms in total. The molecule has 2 rings (SSSR count). The fourth-order valence-electron chi connectivity index (χ4n) is 2.51. The number of hydrogen-bond acceptors (Lipinski definition) is 3. The van der Waals surface area contributed by atoms with Crippen molar-refractivity contribution in [2.24, 2.45) is 5.73 Å². The van der Waals surface area contributed by atoms with E-state index in [1.54, 1.807) is 11.3 Å². The van der Waals surface area contributed by atoms with Crippen LogP contribution in [0.2, 0.25) is 0 Å². The van der Waals surface area contributed by atoms with Crippen molar-refractivity contribution >= 4 is 17.2 Å². The zero-order valence-corrected chi connectivity index (χ0v) is 11.1. The highest BCUT2D eigenvalue weighted by Crippen LogP contribution is 2.32. The van der Waals surface area contributed by atoms with Gasteiger partial charge in [0.15, 0.2) is 0 Å². The first kappa shape index (κ1) is 12.6. The molecule has 1 aromatic heterocycles. The summed E-state index contributed by atoms with van der Waals surface area (Å²) in [6, 6.07) is 4.29. The average molecular weight is 252 g/mol. The normalized spacial score (nSPS) is 26.0. The van der Waals surface area contributed by atoms with Crippen molar-refractivity contribution in [2.45, 2.75) is 44.7 Å². The van der Waals surface area contributed by atoms with Gasteiger partial charge in [-0.25, -0.2) is 0 Å². The van der Waals surface area contributed by atoms with Gasteiger partial charge in [0.1, 0.15) is 0 Å². The van der Waals surface area contributed by atoms with Gasteiger partial charge in [0.25, 0.3) is 0 Å². The highest BCUT2D eigenvalue weighted by molar-refractivity contribution is 7.10. The van der Waals surface area contributed by atoms with Gasteiger partial charge in [-0.3, -0.25) is 4.79 Å². The highest BCUT2D eigenvalue weighted by Gasteiger charge is 2.32. The number of rotatable bonds is 3. The molecule has 0 radical (unpaired) electrons. The lowest BCUT2D eigenvalue weighted by atomic mass is 10.0. The molecule has 1 saturated heterocycles. The Morgan fingerprint density at radius 3 is 3.06 bits per heavy atom. The molecule has 1 aromatic rings. The van der Waals surface area contributed by atoms with Gasteiger partial charge < -0.3 is 10.6 Å². The lowest BCUT2D eigenvalue weighted by molar-refractivity contribution is -0.133. The van der Waals surface area contributed by atoms with Crippen molar-refractivity contribution in [1.82, 2.24) is 4.90 Å². The van der Waals surface area contributed by atoms with Crippen LogP contribution < -0.4 is 5.73 Å². The van der Waals surface area contributed by atoms with E-state index >= 15 is 0 Å². The first-order chi connectivity index (χ1) is 8.24. The smallest absolute Gasteiger partial charge is 0.223 e. The predicted molar refractivity (Wildman–Crippen MR) is 70.9 cm³/mol. The van der Waals surface area contributed by atoms with E-state index in [0.29, 0.717) is 6.42 Å². The fraction of sp³-hybridized carbons (Fsp3) is 0.615. The van der Waals surface area contributed by atoms with Crippen molar-refractivity contribution in [2.75, 3.05) is 6.54 Å². The van der Waals surface area contributed by atoms with Gasteiger partial charge >= 0.3 is 0 Å². The minimum absolute atomic E-state index is 0.0756. The Morgan fingerprint density at radius 1 is 1.59 bits per heavy atom. The zero-order chi connectivity index (χ0) is 12.3. The van der Waals surface area contributed by atoms with Gasteiger partial charge in [0.2, 0.25) is 5.91 Å². The maximum atomic E-state index is 12.1. The van der Waals surface area contributed by atoms with Gasteiger partial charge in [-0.2, -0.15) is 0 Å². The second-order valence-electron chi connectivity index (χ2n) is 4.60. The van der Waals surface area contributed by atoms with Crippen LogP contribution in [0.1, 0.15) is 43.5 Å². The molecule has 1 fully saturated rings. The molecule has 0 aromatic carbocycles. The van der Waals surface area contributed by atoms with E-state index in [0.717, 1.165) is 25.8 Å². The van der Waals surface area contributed by atoms with Gasteiger partial charge in [-0.1, -0.05) is 13.0 Å². The molecular formula is C13H20N2OS. The molecule has 17 heavy (non-hydrogen) atoms. The second-order valence-corrected chi connectivity index (χ2v) is 5.58. The van der Waals surface area contributed by atoms with Crippen LogP contribution in [-0.4, -0.2) is 23.4 Å². The summed E-state index contributed by atoms with van der Waals surface area (Å²) in [5, 5.41) is 2.06. The van der Waals surface area contributed by atoms with Crippen molar-refractivity contribution in [3.05, 3.63) is 22.4 Å². The van der Waals surface area contributed by atoms with E-state index in [-0.39, 0.29) is 18.0 Å². The Kier molecular flexibility index (Phi) is 4.18. The van der Waals surface area contributed by atoms with Gasteiger partial charge in [-0.15, -0.1) is 11.3 Å². The van der Waals surface area contributed by atoms with Crippen molar-refractivity contribution < 1.29 is 4.79 Å². The molecule has 1 amide bonds. The van der Waals surface area contributed by atoms with Crippen LogP contribution in [0.25, 0.3) is 0 Å². The molecule has 4 heteroatoms. The lowest BCUT2D eigenvalue weighted by Crippen LogP contribution is -2.42. The van der Waals surface area contributed by atoms with Crippen molar-refractivity contribution in [3.8, 4) is 0 Å². The third kappa shape index (κ3) is 2.69. The maximum Gasteiger partial charge on any atom is 0.223 e. The number of amides is 1. The van der Waals surface area contributed by atoms with Crippen molar-refractivity contribution in [3.63, 3.8) is 0 Å². The van der Waals surface area contributed by atoms with Crippen LogP contribution in [0, 0.1) is 0 Å². The summed E-state index contributed by atoms with van der Waals surface area (Å²) in [4.78, 5) is 15.3. The molecular weight excluding hydrogens is 232 g/mol. The SMILES string of the molecule is CCCN1C(=O)CCCC(N)C1c1cccs1. The van der Waals surface area contributed by atoms with Crippen LogP contribution in [0.3, 0.4) is 0 Å².